The molecule has 0 radical (unpaired) electrons. The van der Waals surface area contributed by atoms with Crippen molar-refractivity contribution in [1.29, 1.82) is 0 Å². The van der Waals surface area contributed by atoms with Crippen LogP contribution in [0.1, 0.15) is 48.0 Å². The van der Waals surface area contributed by atoms with Gasteiger partial charge in [-0.05, 0) is 40.0 Å². The van der Waals surface area contributed by atoms with Crippen molar-refractivity contribution in [1.82, 2.24) is 15.5 Å². The third-order valence-electron chi connectivity index (χ3n) is 3.91. The van der Waals surface area contributed by atoms with Gasteiger partial charge in [-0.1, -0.05) is 13.8 Å². The number of guanidine groups is 1. The second-order valence-corrected chi connectivity index (χ2v) is 8.05. The van der Waals surface area contributed by atoms with E-state index in [2.05, 4.69) is 34.4 Å². The molecule has 0 bridgehead atoms. The molecule has 0 aliphatic heterocycles. The lowest BCUT2D eigenvalue weighted by Gasteiger charge is -2.28. The highest BCUT2D eigenvalue weighted by atomic mass is 127. The minimum absolute atomic E-state index is 0. The number of halogens is 1. The number of hydrogen-bond donors (Lipinski definition) is 2. The molecule has 0 rings (SSSR count). The molecule has 2 N–H and O–H groups in total. The van der Waals surface area contributed by atoms with E-state index in [1.165, 1.54) is 0 Å². The number of rotatable bonds is 12. The summed E-state index contributed by atoms with van der Waals surface area (Å²) in [6, 6.07) is 0.0255. The maximum atomic E-state index is 12.1. The van der Waals surface area contributed by atoms with Crippen molar-refractivity contribution in [2.45, 2.75) is 59.6 Å². The van der Waals surface area contributed by atoms with E-state index in [1.807, 2.05) is 34.7 Å². The zero-order valence-electron chi connectivity index (χ0n) is 19.5. The van der Waals surface area contributed by atoms with Crippen molar-refractivity contribution in [3.63, 3.8) is 0 Å². The summed E-state index contributed by atoms with van der Waals surface area (Å²) < 4.78 is 15.8. The van der Waals surface area contributed by atoms with E-state index >= 15 is 0 Å². The lowest BCUT2D eigenvalue weighted by molar-refractivity contribution is 0.0485. The van der Waals surface area contributed by atoms with E-state index in [9.17, 15) is 4.79 Å². The van der Waals surface area contributed by atoms with Gasteiger partial charge in [0.25, 0.3) is 0 Å². The van der Waals surface area contributed by atoms with Gasteiger partial charge in [-0.3, -0.25) is 4.99 Å². The molecule has 0 saturated heterocycles. The van der Waals surface area contributed by atoms with Crippen LogP contribution in [-0.2, 0) is 14.2 Å². The van der Waals surface area contributed by atoms with Gasteiger partial charge >= 0.3 is 6.09 Å². The number of alkyl carbamates (subject to hydrolysis) is 1. The molecule has 0 fully saturated rings. The van der Waals surface area contributed by atoms with Gasteiger partial charge in [0.1, 0.15) is 5.60 Å². The van der Waals surface area contributed by atoms with Gasteiger partial charge in [0, 0.05) is 33.3 Å². The van der Waals surface area contributed by atoms with E-state index in [0.29, 0.717) is 32.3 Å². The van der Waals surface area contributed by atoms with E-state index in [1.54, 1.807) is 7.11 Å². The topological polar surface area (TPSA) is 84.4 Å². The molecule has 1 amide bonds. The number of nitrogens with one attached hydrogen (secondary N) is 2. The molecule has 0 spiro atoms. The first kappa shape index (κ1) is 30.4. The van der Waals surface area contributed by atoms with Crippen molar-refractivity contribution < 1.29 is 19.0 Å². The molecule has 1 atom stereocenters. The lowest BCUT2D eigenvalue weighted by Crippen LogP contribution is -2.45. The zero-order chi connectivity index (χ0) is 21.6. The molecular formula is C20H43IN4O4. The van der Waals surface area contributed by atoms with Crippen molar-refractivity contribution in [2.24, 2.45) is 10.9 Å². The predicted octanol–water partition coefficient (Wildman–Crippen LogP) is 3.10. The van der Waals surface area contributed by atoms with Crippen LogP contribution in [0.15, 0.2) is 4.99 Å². The summed E-state index contributed by atoms with van der Waals surface area (Å²) >= 11 is 0. The van der Waals surface area contributed by atoms with Gasteiger partial charge < -0.3 is 29.7 Å². The van der Waals surface area contributed by atoms with Crippen molar-refractivity contribution in [3.8, 4) is 0 Å². The summed E-state index contributed by atoms with van der Waals surface area (Å²) in [6.45, 7) is 15.7. The maximum absolute atomic E-state index is 12.1. The second-order valence-electron chi connectivity index (χ2n) is 8.05. The summed E-state index contributed by atoms with van der Waals surface area (Å²) in [4.78, 5) is 18.8. The fraction of sp³-hybridized carbons (Fsp3) is 0.900. The Bertz CT molecular complexity index is 456. The Labute approximate surface area is 194 Å². The number of amides is 1. The molecule has 0 saturated carbocycles. The van der Waals surface area contributed by atoms with Crippen LogP contribution in [0.4, 0.5) is 4.79 Å². The standard InChI is InChI=1S/C20H42N4O4.HI/c1-9-21-18(22-11-13-27-15-14-26-8)24(7)12-10-17(16(2)3)23-19(25)28-20(4,5)6;/h16-17H,9-15H2,1-8H3,(H,21,22)(H,23,25);1H. The third kappa shape index (κ3) is 16.7. The normalized spacial score (nSPS) is 12.9. The minimum Gasteiger partial charge on any atom is -0.444 e. The van der Waals surface area contributed by atoms with E-state index in [0.717, 1.165) is 25.5 Å². The highest BCUT2D eigenvalue weighted by Crippen LogP contribution is 2.11. The average Bonchev–Trinajstić information content (AvgIpc) is 2.58. The van der Waals surface area contributed by atoms with Gasteiger partial charge in [0.05, 0.1) is 26.4 Å². The molecule has 9 heteroatoms. The molecule has 0 aromatic rings. The minimum atomic E-state index is -0.501. The number of aliphatic imine (C=N–C) groups is 1. The highest BCUT2D eigenvalue weighted by Gasteiger charge is 2.22. The smallest absolute Gasteiger partial charge is 0.407 e. The summed E-state index contributed by atoms with van der Waals surface area (Å²) in [5.41, 5.74) is -0.501. The first-order valence-electron chi connectivity index (χ1n) is 10.2. The molecule has 0 aromatic carbocycles. The van der Waals surface area contributed by atoms with Crippen LogP contribution in [-0.4, -0.2) is 82.2 Å². The molecule has 0 aromatic heterocycles. The Morgan fingerprint density at radius 3 is 2.34 bits per heavy atom. The SMILES string of the molecule is CCNC(=NCCOCCOC)N(C)CCC(NC(=O)OC(C)(C)C)C(C)C.I. The lowest BCUT2D eigenvalue weighted by atomic mass is 10.0. The van der Waals surface area contributed by atoms with Gasteiger partial charge in [0.2, 0.25) is 0 Å². The van der Waals surface area contributed by atoms with Gasteiger partial charge in [0.15, 0.2) is 5.96 Å². The molecule has 0 aliphatic rings. The Morgan fingerprint density at radius 2 is 1.83 bits per heavy atom. The van der Waals surface area contributed by atoms with E-state index < -0.39 is 5.60 Å². The van der Waals surface area contributed by atoms with Crippen LogP contribution < -0.4 is 10.6 Å². The van der Waals surface area contributed by atoms with Gasteiger partial charge in [-0.15, -0.1) is 24.0 Å². The molecule has 0 heterocycles. The highest BCUT2D eigenvalue weighted by molar-refractivity contribution is 14.0. The third-order valence-corrected chi connectivity index (χ3v) is 3.91. The molecule has 29 heavy (non-hydrogen) atoms. The molecule has 174 valence electrons. The zero-order valence-corrected chi connectivity index (χ0v) is 21.9. The van der Waals surface area contributed by atoms with Crippen LogP contribution in [0.25, 0.3) is 0 Å². The number of carbonyl (C=O) groups is 1. The van der Waals surface area contributed by atoms with Crippen LogP contribution >= 0.6 is 24.0 Å². The van der Waals surface area contributed by atoms with E-state index in [-0.39, 0.29) is 36.1 Å². The average molecular weight is 530 g/mol. The van der Waals surface area contributed by atoms with Crippen molar-refractivity contribution >= 4 is 36.0 Å². The first-order chi connectivity index (χ1) is 13.1. The summed E-state index contributed by atoms with van der Waals surface area (Å²) in [6.07, 6.45) is 0.421. The maximum Gasteiger partial charge on any atom is 0.407 e. The van der Waals surface area contributed by atoms with Crippen molar-refractivity contribution in [3.05, 3.63) is 0 Å². The van der Waals surface area contributed by atoms with E-state index in [4.69, 9.17) is 14.2 Å². The van der Waals surface area contributed by atoms with Crippen LogP contribution in [0.3, 0.4) is 0 Å². The summed E-state index contributed by atoms with van der Waals surface area (Å²) in [7, 11) is 3.65. The summed E-state index contributed by atoms with van der Waals surface area (Å²) in [5.74, 6) is 1.13. The molecular weight excluding hydrogens is 487 g/mol. The predicted molar refractivity (Wildman–Crippen MR) is 129 cm³/mol. The number of ether oxygens (including phenoxy) is 3. The second kappa shape index (κ2) is 16.9. The van der Waals surface area contributed by atoms with Gasteiger partial charge in [-0.2, -0.15) is 0 Å². The van der Waals surface area contributed by atoms with Crippen LogP contribution in [0.5, 0.6) is 0 Å². The Kier molecular flexibility index (Phi) is 17.7. The fourth-order valence-corrected chi connectivity index (χ4v) is 2.40. The van der Waals surface area contributed by atoms with Crippen LogP contribution in [0, 0.1) is 5.92 Å². The number of methoxy groups -OCH3 is 1. The number of carbonyl (C=O) groups excluding carboxylic acids is 1. The quantitative estimate of drug-likeness (QED) is 0.175. The molecule has 0 aliphatic carbocycles. The Balaban J connectivity index is 0. The number of nitrogens with zero attached hydrogens (tertiary/aromatic N) is 2. The van der Waals surface area contributed by atoms with Gasteiger partial charge in [-0.25, -0.2) is 4.79 Å². The summed E-state index contributed by atoms with van der Waals surface area (Å²) in [5, 5.41) is 6.28. The largest absolute Gasteiger partial charge is 0.444 e. The van der Waals surface area contributed by atoms with Crippen LogP contribution in [0.2, 0.25) is 0 Å². The monoisotopic (exact) mass is 530 g/mol. The fourth-order valence-electron chi connectivity index (χ4n) is 2.40. The Hall–Kier alpha value is -0.810. The molecule has 8 nitrogen and oxygen atoms in total. The number of hydrogen-bond acceptors (Lipinski definition) is 5. The molecule has 1 unspecified atom stereocenters. The first-order valence-corrected chi connectivity index (χ1v) is 10.2. The Morgan fingerprint density at radius 1 is 1.17 bits per heavy atom. The van der Waals surface area contributed by atoms with Crippen molar-refractivity contribution in [2.75, 3.05) is 53.6 Å².